The zero-order valence-corrected chi connectivity index (χ0v) is 10.8. The summed E-state index contributed by atoms with van der Waals surface area (Å²) in [5.41, 5.74) is 0. The predicted molar refractivity (Wildman–Crippen MR) is 66.9 cm³/mol. The SMILES string of the molecule is CCOC[C@@H]1CCCN1C(=O)[C@@H]1CCCCN1. The van der Waals surface area contributed by atoms with Crippen molar-refractivity contribution < 1.29 is 9.53 Å². The van der Waals surface area contributed by atoms with Crippen molar-refractivity contribution in [1.29, 1.82) is 0 Å². The van der Waals surface area contributed by atoms with Gasteiger partial charge < -0.3 is 15.0 Å². The Morgan fingerprint density at radius 3 is 2.94 bits per heavy atom. The van der Waals surface area contributed by atoms with E-state index in [1.807, 2.05) is 11.8 Å². The summed E-state index contributed by atoms with van der Waals surface area (Å²) in [5, 5.41) is 3.34. The van der Waals surface area contributed by atoms with E-state index in [0.717, 1.165) is 39.0 Å². The van der Waals surface area contributed by atoms with Gasteiger partial charge in [-0.25, -0.2) is 0 Å². The lowest BCUT2D eigenvalue weighted by Gasteiger charge is -2.31. The Labute approximate surface area is 104 Å². The van der Waals surface area contributed by atoms with Crippen LogP contribution in [-0.2, 0) is 9.53 Å². The fraction of sp³-hybridized carbons (Fsp3) is 0.923. The Bertz CT molecular complexity index is 252. The van der Waals surface area contributed by atoms with Crippen molar-refractivity contribution in [3.05, 3.63) is 0 Å². The Morgan fingerprint density at radius 2 is 2.24 bits per heavy atom. The Hall–Kier alpha value is -0.610. The molecule has 2 saturated heterocycles. The fourth-order valence-electron chi connectivity index (χ4n) is 2.82. The van der Waals surface area contributed by atoms with Crippen molar-refractivity contribution in [2.24, 2.45) is 0 Å². The average Bonchev–Trinajstić information content (AvgIpc) is 2.84. The van der Waals surface area contributed by atoms with Crippen molar-refractivity contribution in [3.63, 3.8) is 0 Å². The van der Waals surface area contributed by atoms with Crippen LogP contribution < -0.4 is 5.32 Å². The van der Waals surface area contributed by atoms with Crippen molar-refractivity contribution >= 4 is 5.91 Å². The van der Waals surface area contributed by atoms with E-state index in [1.54, 1.807) is 0 Å². The molecule has 0 radical (unpaired) electrons. The van der Waals surface area contributed by atoms with Gasteiger partial charge in [0.25, 0.3) is 0 Å². The second-order valence-electron chi connectivity index (χ2n) is 4.99. The van der Waals surface area contributed by atoms with E-state index in [2.05, 4.69) is 5.32 Å². The average molecular weight is 240 g/mol. The third-order valence-corrected chi connectivity index (χ3v) is 3.78. The molecular formula is C13H24N2O2. The molecule has 2 aliphatic heterocycles. The zero-order valence-electron chi connectivity index (χ0n) is 10.8. The second-order valence-corrected chi connectivity index (χ2v) is 4.99. The van der Waals surface area contributed by atoms with Gasteiger partial charge in [0, 0.05) is 13.2 Å². The highest BCUT2D eigenvalue weighted by molar-refractivity contribution is 5.82. The van der Waals surface area contributed by atoms with Crippen LogP contribution in [0.5, 0.6) is 0 Å². The largest absolute Gasteiger partial charge is 0.380 e. The summed E-state index contributed by atoms with van der Waals surface area (Å²) in [6, 6.07) is 0.372. The predicted octanol–water partition coefficient (Wildman–Crippen LogP) is 1.16. The van der Waals surface area contributed by atoms with Crippen LogP contribution in [0.2, 0.25) is 0 Å². The van der Waals surface area contributed by atoms with Crippen LogP contribution in [0, 0.1) is 0 Å². The minimum absolute atomic E-state index is 0.0611. The van der Waals surface area contributed by atoms with E-state index in [4.69, 9.17) is 4.74 Å². The van der Waals surface area contributed by atoms with Crippen LogP contribution in [0.3, 0.4) is 0 Å². The topological polar surface area (TPSA) is 41.6 Å². The minimum atomic E-state index is 0.0611. The number of rotatable bonds is 4. The van der Waals surface area contributed by atoms with Gasteiger partial charge in [0.2, 0.25) is 5.91 Å². The van der Waals surface area contributed by atoms with Gasteiger partial charge >= 0.3 is 0 Å². The molecule has 0 bridgehead atoms. The lowest BCUT2D eigenvalue weighted by Crippen LogP contribution is -2.50. The normalized spacial score (nSPS) is 29.6. The van der Waals surface area contributed by atoms with E-state index in [9.17, 15) is 4.79 Å². The number of hydrogen-bond donors (Lipinski definition) is 1. The van der Waals surface area contributed by atoms with Crippen LogP contribution in [0.1, 0.15) is 39.0 Å². The van der Waals surface area contributed by atoms with E-state index < -0.39 is 0 Å². The highest BCUT2D eigenvalue weighted by atomic mass is 16.5. The van der Waals surface area contributed by atoms with Crippen molar-refractivity contribution in [1.82, 2.24) is 10.2 Å². The number of nitrogens with one attached hydrogen (secondary N) is 1. The van der Waals surface area contributed by atoms with Crippen LogP contribution in [-0.4, -0.2) is 49.2 Å². The molecule has 4 heteroatoms. The van der Waals surface area contributed by atoms with Gasteiger partial charge in [-0.2, -0.15) is 0 Å². The molecule has 0 saturated carbocycles. The summed E-state index contributed by atoms with van der Waals surface area (Å²) in [6.07, 6.45) is 5.59. The number of ether oxygens (including phenoxy) is 1. The molecule has 0 aromatic heterocycles. The fourth-order valence-corrected chi connectivity index (χ4v) is 2.82. The molecule has 0 aromatic carbocycles. The maximum Gasteiger partial charge on any atom is 0.240 e. The number of nitrogens with zero attached hydrogens (tertiary/aromatic N) is 1. The number of likely N-dealkylation sites (tertiary alicyclic amines) is 1. The maximum atomic E-state index is 12.4. The summed E-state index contributed by atoms with van der Waals surface area (Å²) in [5.74, 6) is 0.298. The summed E-state index contributed by atoms with van der Waals surface area (Å²) in [7, 11) is 0. The molecule has 2 fully saturated rings. The van der Waals surface area contributed by atoms with Crippen LogP contribution in [0.25, 0.3) is 0 Å². The van der Waals surface area contributed by atoms with E-state index in [1.165, 1.54) is 12.8 Å². The number of carbonyl (C=O) groups excluding carboxylic acids is 1. The third kappa shape index (κ3) is 3.19. The lowest BCUT2D eigenvalue weighted by molar-refractivity contribution is -0.135. The number of hydrogen-bond acceptors (Lipinski definition) is 3. The molecule has 2 aliphatic rings. The highest BCUT2D eigenvalue weighted by Gasteiger charge is 2.33. The molecular weight excluding hydrogens is 216 g/mol. The zero-order chi connectivity index (χ0) is 12.1. The van der Waals surface area contributed by atoms with E-state index in [0.29, 0.717) is 18.6 Å². The van der Waals surface area contributed by atoms with Crippen molar-refractivity contribution in [2.45, 2.75) is 51.1 Å². The first-order chi connectivity index (χ1) is 8.33. The van der Waals surface area contributed by atoms with Gasteiger partial charge in [-0.15, -0.1) is 0 Å². The molecule has 2 atom stereocenters. The van der Waals surface area contributed by atoms with Crippen molar-refractivity contribution in [2.75, 3.05) is 26.3 Å². The molecule has 2 heterocycles. The van der Waals surface area contributed by atoms with Crippen LogP contribution in [0.4, 0.5) is 0 Å². The van der Waals surface area contributed by atoms with E-state index in [-0.39, 0.29) is 6.04 Å². The third-order valence-electron chi connectivity index (χ3n) is 3.78. The molecule has 0 aliphatic carbocycles. The highest BCUT2D eigenvalue weighted by Crippen LogP contribution is 2.20. The standard InChI is InChI=1S/C13H24N2O2/c1-2-17-10-11-6-5-9-15(11)13(16)12-7-3-4-8-14-12/h11-12,14H,2-10H2,1H3/t11-,12-/m0/s1. The molecule has 17 heavy (non-hydrogen) atoms. The van der Waals surface area contributed by atoms with Crippen molar-refractivity contribution in [3.8, 4) is 0 Å². The number of amides is 1. The molecule has 1 amide bonds. The number of piperidine rings is 1. The molecule has 0 aromatic rings. The van der Waals surface area contributed by atoms with Crippen LogP contribution >= 0.6 is 0 Å². The second kappa shape index (κ2) is 6.36. The van der Waals surface area contributed by atoms with Gasteiger partial charge in [-0.1, -0.05) is 6.42 Å². The van der Waals surface area contributed by atoms with Gasteiger partial charge in [0.05, 0.1) is 18.7 Å². The molecule has 98 valence electrons. The lowest BCUT2D eigenvalue weighted by atomic mass is 10.0. The quantitative estimate of drug-likeness (QED) is 0.801. The monoisotopic (exact) mass is 240 g/mol. The first kappa shape index (κ1) is 12.8. The number of carbonyl (C=O) groups is 1. The molecule has 4 nitrogen and oxygen atoms in total. The van der Waals surface area contributed by atoms with Gasteiger partial charge in [-0.05, 0) is 39.2 Å². The molecule has 0 unspecified atom stereocenters. The molecule has 0 spiro atoms. The molecule has 1 N–H and O–H groups in total. The van der Waals surface area contributed by atoms with E-state index >= 15 is 0 Å². The van der Waals surface area contributed by atoms with Gasteiger partial charge in [-0.3, -0.25) is 4.79 Å². The Balaban J connectivity index is 1.88. The summed E-state index contributed by atoms with van der Waals surface area (Å²) in [4.78, 5) is 14.4. The first-order valence-electron chi connectivity index (χ1n) is 6.94. The van der Waals surface area contributed by atoms with Gasteiger partial charge in [0.15, 0.2) is 0 Å². The minimum Gasteiger partial charge on any atom is -0.380 e. The summed E-state index contributed by atoms with van der Waals surface area (Å²) in [6.45, 7) is 5.34. The molecule has 2 rings (SSSR count). The first-order valence-corrected chi connectivity index (χ1v) is 6.94. The Morgan fingerprint density at radius 1 is 1.35 bits per heavy atom. The maximum absolute atomic E-state index is 12.4. The van der Waals surface area contributed by atoms with Crippen LogP contribution in [0.15, 0.2) is 0 Å². The summed E-state index contributed by atoms with van der Waals surface area (Å²) >= 11 is 0. The summed E-state index contributed by atoms with van der Waals surface area (Å²) < 4.78 is 5.47. The van der Waals surface area contributed by atoms with Gasteiger partial charge in [0.1, 0.15) is 0 Å². The Kier molecular flexibility index (Phi) is 4.80. The smallest absolute Gasteiger partial charge is 0.240 e.